The van der Waals surface area contributed by atoms with E-state index in [4.69, 9.17) is 10.00 Å². The Morgan fingerprint density at radius 3 is 2.95 bits per heavy atom. The molecule has 0 atom stereocenters. The van der Waals surface area contributed by atoms with Gasteiger partial charge in [-0.2, -0.15) is 5.26 Å². The summed E-state index contributed by atoms with van der Waals surface area (Å²) in [5.74, 6) is -0.590. The van der Waals surface area contributed by atoms with Crippen LogP contribution >= 0.6 is 0 Å². The summed E-state index contributed by atoms with van der Waals surface area (Å²) in [5, 5.41) is 14.4. The number of nitriles is 1. The molecule has 1 aromatic carbocycles. The smallest absolute Gasteiger partial charge is 0.221 e. The molecule has 5 nitrogen and oxygen atoms in total. The first-order chi connectivity index (χ1) is 9.69. The number of carbonyl (C=O) groups excluding carboxylic acids is 1. The van der Waals surface area contributed by atoms with E-state index in [0.717, 1.165) is 0 Å². The third-order valence-electron chi connectivity index (χ3n) is 2.67. The monoisotopic (exact) mass is 279 g/mol. The summed E-state index contributed by atoms with van der Waals surface area (Å²) < 4.78 is 18.5. The molecule has 2 N–H and O–H groups in total. The van der Waals surface area contributed by atoms with Crippen molar-refractivity contribution in [2.45, 2.75) is 13.0 Å². The number of nitrogens with zero attached hydrogens (tertiary/aromatic N) is 1. The number of halogens is 1. The summed E-state index contributed by atoms with van der Waals surface area (Å²) in [6, 6.07) is 6.47. The van der Waals surface area contributed by atoms with Crippen molar-refractivity contribution in [3.8, 4) is 6.07 Å². The van der Waals surface area contributed by atoms with E-state index in [9.17, 15) is 9.18 Å². The van der Waals surface area contributed by atoms with Gasteiger partial charge in [-0.25, -0.2) is 4.39 Å². The van der Waals surface area contributed by atoms with Crippen LogP contribution < -0.4 is 10.6 Å². The molecule has 0 unspecified atom stereocenters. The Morgan fingerprint density at radius 1 is 1.45 bits per heavy atom. The quantitative estimate of drug-likeness (QED) is 0.695. The number of methoxy groups -OCH3 is 1. The van der Waals surface area contributed by atoms with Crippen molar-refractivity contribution in [3.63, 3.8) is 0 Å². The van der Waals surface area contributed by atoms with Gasteiger partial charge >= 0.3 is 0 Å². The second-order valence-corrected chi connectivity index (χ2v) is 4.16. The van der Waals surface area contributed by atoms with Crippen molar-refractivity contribution in [2.75, 3.05) is 26.8 Å². The summed E-state index contributed by atoms with van der Waals surface area (Å²) >= 11 is 0. The zero-order valence-electron chi connectivity index (χ0n) is 11.4. The fourth-order valence-electron chi connectivity index (χ4n) is 1.61. The highest BCUT2D eigenvalue weighted by Gasteiger charge is 2.07. The maximum Gasteiger partial charge on any atom is 0.221 e. The molecule has 0 heterocycles. The van der Waals surface area contributed by atoms with E-state index < -0.39 is 5.82 Å². The highest BCUT2D eigenvalue weighted by Crippen LogP contribution is 2.11. The second-order valence-electron chi connectivity index (χ2n) is 4.16. The largest absolute Gasteiger partial charge is 0.383 e. The Morgan fingerprint density at radius 2 is 2.25 bits per heavy atom. The summed E-state index contributed by atoms with van der Waals surface area (Å²) in [7, 11) is 1.57. The van der Waals surface area contributed by atoms with E-state index in [2.05, 4.69) is 10.6 Å². The van der Waals surface area contributed by atoms with Gasteiger partial charge in [0.1, 0.15) is 11.9 Å². The molecular weight excluding hydrogens is 261 g/mol. The molecule has 20 heavy (non-hydrogen) atoms. The Kier molecular flexibility index (Phi) is 7.25. The van der Waals surface area contributed by atoms with E-state index in [1.54, 1.807) is 25.3 Å². The third kappa shape index (κ3) is 5.34. The van der Waals surface area contributed by atoms with Crippen LogP contribution in [0, 0.1) is 17.1 Å². The number of ether oxygens (including phenoxy) is 1. The van der Waals surface area contributed by atoms with Crippen LogP contribution in [0.2, 0.25) is 0 Å². The Balaban J connectivity index is 2.28. The van der Waals surface area contributed by atoms with Crippen LogP contribution in [-0.4, -0.2) is 32.7 Å². The molecule has 0 saturated heterocycles. The van der Waals surface area contributed by atoms with Crippen LogP contribution in [0.1, 0.15) is 17.5 Å². The first-order valence-electron chi connectivity index (χ1n) is 6.33. The van der Waals surface area contributed by atoms with Gasteiger partial charge in [-0.3, -0.25) is 4.79 Å². The molecule has 1 aromatic rings. The first kappa shape index (κ1) is 16.1. The van der Waals surface area contributed by atoms with Crippen LogP contribution in [-0.2, 0) is 16.1 Å². The van der Waals surface area contributed by atoms with Gasteiger partial charge < -0.3 is 15.4 Å². The van der Waals surface area contributed by atoms with Gasteiger partial charge in [0.05, 0.1) is 12.2 Å². The predicted molar refractivity (Wildman–Crippen MR) is 72.3 cm³/mol. The maximum atomic E-state index is 13.7. The molecule has 0 aliphatic carbocycles. The lowest BCUT2D eigenvalue weighted by Crippen LogP contribution is -2.30. The van der Waals surface area contributed by atoms with E-state index in [-0.39, 0.29) is 18.0 Å². The number of hydrogen-bond acceptors (Lipinski definition) is 4. The molecule has 0 radical (unpaired) electrons. The van der Waals surface area contributed by atoms with Crippen molar-refractivity contribution >= 4 is 5.91 Å². The van der Waals surface area contributed by atoms with Gasteiger partial charge in [0, 0.05) is 38.7 Å². The zero-order chi connectivity index (χ0) is 14.8. The van der Waals surface area contributed by atoms with Gasteiger partial charge in [0.2, 0.25) is 5.91 Å². The number of nitrogens with one attached hydrogen (secondary N) is 2. The fourth-order valence-corrected chi connectivity index (χ4v) is 1.61. The molecule has 0 aromatic heterocycles. The Labute approximate surface area is 117 Å². The number of benzene rings is 1. The molecule has 0 spiro atoms. The molecule has 0 fully saturated rings. The number of amides is 1. The zero-order valence-corrected chi connectivity index (χ0v) is 11.4. The van der Waals surface area contributed by atoms with E-state index in [0.29, 0.717) is 31.7 Å². The molecule has 0 saturated carbocycles. The van der Waals surface area contributed by atoms with E-state index >= 15 is 0 Å². The molecule has 108 valence electrons. The molecular formula is C14H18FN3O2. The molecule has 0 aliphatic heterocycles. The minimum absolute atomic E-state index is 0.0293. The van der Waals surface area contributed by atoms with E-state index in [1.807, 2.05) is 0 Å². The summed E-state index contributed by atoms with van der Waals surface area (Å²) in [6.07, 6.45) is 0.309. The highest BCUT2D eigenvalue weighted by molar-refractivity contribution is 5.76. The SMILES string of the molecule is COCCNC(=O)CCNCc1cccc(C#N)c1F. The van der Waals surface area contributed by atoms with Crippen molar-refractivity contribution in [3.05, 3.63) is 35.1 Å². The fraction of sp³-hybridized carbons (Fsp3) is 0.429. The normalized spacial score (nSPS) is 10.1. The number of carbonyl (C=O) groups is 1. The topological polar surface area (TPSA) is 74.2 Å². The van der Waals surface area contributed by atoms with Crippen LogP contribution in [0.25, 0.3) is 0 Å². The van der Waals surface area contributed by atoms with Crippen LogP contribution in [0.5, 0.6) is 0 Å². The average Bonchev–Trinajstić information content (AvgIpc) is 2.45. The summed E-state index contributed by atoms with van der Waals surface area (Å²) in [4.78, 5) is 11.4. The van der Waals surface area contributed by atoms with Gasteiger partial charge in [-0.05, 0) is 6.07 Å². The lowest BCUT2D eigenvalue weighted by molar-refractivity contribution is -0.121. The Hall–Kier alpha value is -1.97. The first-order valence-corrected chi connectivity index (χ1v) is 6.33. The average molecular weight is 279 g/mol. The van der Waals surface area contributed by atoms with Gasteiger partial charge in [-0.15, -0.1) is 0 Å². The van der Waals surface area contributed by atoms with E-state index in [1.165, 1.54) is 6.07 Å². The van der Waals surface area contributed by atoms with Crippen molar-refractivity contribution in [2.24, 2.45) is 0 Å². The number of hydrogen-bond donors (Lipinski definition) is 2. The predicted octanol–water partition coefficient (Wildman–Crippen LogP) is 0.940. The highest BCUT2D eigenvalue weighted by atomic mass is 19.1. The van der Waals surface area contributed by atoms with Gasteiger partial charge in [0.25, 0.3) is 0 Å². The minimum atomic E-state index is -0.507. The molecule has 1 rings (SSSR count). The van der Waals surface area contributed by atoms with Gasteiger partial charge in [-0.1, -0.05) is 12.1 Å². The Bertz CT molecular complexity index is 486. The maximum absolute atomic E-state index is 13.7. The van der Waals surface area contributed by atoms with Crippen LogP contribution in [0.4, 0.5) is 4.39 Å². The number of rotatable bonds is 8. The summed E-state index contributed by atoms with van der Waals surface area (Å²) in [5.41, 5.74) is 0.449. The molecule has 1 amide bonds. The minimum Gasteiger partial charge on any atom is -0.383 e. The van der Waals surface area contributed by atoms with Crippen LogP contribution in [0.3, 0.4) is 0 Å². The lowest BCUT2D eigenvalue weighted by atomic mass is 10.1. The standard InChI is InChI=1S/C14H18FN3O2/c1-20-8-7-18-13(19)5-6-17-10-12-4-2-3-11(9-16)14(12)15/h2-4,17H,5-8,10H2,1H3,(H,18,19). The lowest BCUT2D eigenvalue weighted by Gasteiger charge is -2.07. The van der Waals surface area contributed by atoms with Gasteiger partial charge in [0.15, 0.2) is 0 Å². The third-order valence-corrected chi connectivity index (χ3v) is 2.67. The van der Waals surface area contributed by atoms with Crippen molar-refractivity contribution in [1.82, 2.24) is 10.6 Å². The van der Waals surface area contributed by atoms with Crippen LogP contribution in [0.15, 0.2) is 18.2 Å². The molecule has 6 heteroatoms. The van der Waals surface area contributed by atoms with Crippen molar-refractivity contribution < 1.29 is 13.9 Å². The van der Waals surface area contributed by atoms with Crippen molar-refractivity contribution in [1.29, 1.82) is 5.26 Å². The molecule has 0 aliphatic rings. The molecule has 0 bridgehead atoms. The summed E-state index contributed by atoms with van der Waals surface area (Å²) in [6.45, 7) is 1.68. The second kappa shape index (κ2) is 9.02.